The molecule has 172 valence electrons. The molecule has 0 atom stereocenters. The van der Waals surface area contributed by atoms with Gasteiger partial charge >= 0.3 is 5.95 Å². The summed E-state index contributed by atoms with van der Waals surface area (Å²) in [7, 11) is -3.71. The molecule has 0 bridgehead atoms. The van der Waals surface area contributed by atoms with Crippen molar-refractivity contribution in [1.82, 2.24) is 19.9 Å². The number of rotatable bonds is 8. The zero-order valence-electron chi connectivity index (χ0n) is 17.7. The number of ether oxygens (including phenoxy) is 1. The molecule has 1 aromatic carbocycles. The molecule has 33 heavy (non-hydrogen) atoms. The van der Waals surface area contributed by atoms with E-state index in [0.717, 1.165) is 0 Å². The average Bonchev–Trinajstić information content (AvgIpc) is 3.50. The molecule has 1 aliphatic carbocycles. The van der Waals surface area contributed by atoms with Gasteiger partial charge in [0.05, 0.1) is 23.5 Å². The Morgan fingerprint density at radius 2 is 1.97 bits per heavy atom. The summed E-state index contributed by atoms with van der Waals surface area (Å²) >= 11 is 1.22. The van der Waals surface area contributed by atoms with Gasteiger partial charge in [0, 0.05) is 11.6 Å². The number of aromatic nitrogens is 5. The summed E-state index contributed by atoms with van der Waals surface area (Å²) in [5, 5.41) is 5.19. The summed E-state index contributed by atoms with van der Waals surface area (Å²) in [5.41, 5.74) is 1.91. The average molecular weight is 487 g/mol. The molecule has 0 amide bonds. The first-order chi connectivity index (χ1) is 16.1. The van der Waals surface area contributed by atoms with Gasteiger partial charge in [-0.15, -0.1) is 11.3 Å². The number of anilines is 3. The second-order valence-corrected chi connectivity index (χ2v) is 10.5. The Morgan fingerprint density at radius 3 is 2.73 bits per heavy atom. The number of aromatic amines is 2. The first-order valence-electron chi connectivity index (χ1n) is 10.8. The molecule has 3 aromatic heterocycles. The minimum Gasteiger partial charge on any atom is -0.466 e. The van der Waals surface area contributed by atoms with Gasteiger partial charge < -0.3 is 9.72 Å². The van der Waals surface area contributed by atoms with Gasteiger partial charge in [-0.2, -0.15) is 0 Å². The molecule has 4 N–H and O–H groups in total. The smallest absolute Gasteiger partial charge is 0.399 e. The van der Waals surface area contributed by atoms with Crippen LogP contribution in [0.1, 0.15) is 32.1 Å². The van der Waals surface area contributed by atoms with Crippen molar-refractivity contribution in [2.45, 2.75) is 37.0 Å². The van der Waals surface area contributed by atoms with Gasteiger partial charge in [-0.3, -0.25) is 4.72 Å². The van der Waals surface area contributed by atoms with Gasteiger partial charge in [-0.25, -0.2) is 28.7 Å². The van der Waals surface area contributed by atoms with Crippen molar-refractivity contribution in [2.24, 2.45) is 5.92 Å². The molecule has 1 aliphatic rings. The Bertz CT molecular complexity index is 1320. The fourth-order valence-electron chi connectivity index (χ4n) is 3.87. The second-order valence-electron chi connectivity index (χ2n) is 7.92. The number of fused-ring (bicyclic) bond motifs is 1. The molecule has 12 heteroatoms. The first-order valence-corrected chi connectivity index (χ1v) is 13.1. The summed E-state index contributed by atoms with van der Waals surface area (Å²) < 4.78 is 33.6. The van der Waals surface area contributed by atoms with Gasteiger partial charge in [-0.05, 0) is 48.0 Å². The molecule has 0 unspecified atom stereocenters. The Hall–Kier alpha value is -3.25. The van der Waals surface area contributed by atoms with Crippen LogP contribution in [0.5, 0.6) is 5.88 Å². The molecule has 10 nitrogen and oxygen atoms in total. The Morgan fingerprint density at radius 1 is 1.15 bits per heavy atom. The first kappa shape index (κ1) is 21.6. The molecular formula is C21H24N7O3S2+. The van der Waals surface area contributed by atoms with E-state index in [9.17, 15) is 8.42 Å². The van der Waals surface area contributed by atoms with Crippen molar-refractivity contribution in [3.8, 4) is 5.88 Å². The quantitative estimate of drug-likeness (QED) is 0.345. The number of H-pyrrole nitrogens is 2. The lowest BCUT2D eigenvalue weighted by molar-refractivity contribution is -0.380. The van der Waals surface area contributed by atoms with Crippen LogP contribution in [0.25, 0.3) is 11.2 Å². The predicted octanol–water partition coefficient (Wildman–Crippen LogP) is 3.73. The van der Waals surface area contributed by atoms with Gasteiger partial charge in [0.15, 0.2) is 10.6 Å². The van der Waals surface area contributed by atoms with Crippen molar-refractivity contribution < 1.29 is 18.1 Å². The monoisotopic (exact) mass is 486 g/mol. The number of thiazole rings is 1. The normalized spacial score (nSPS) is 14.9. The Labute approximate surface area is 194 Å². The summed E-state index contributed by atoms with van der Waals surface area (Å²) in [6, 6.07) is 6.38. The molecule has 0 radical (unpaired) electrons. The third-order valence-electron chi connectivity index (χ3n) is 5.57. The van der Waals surface area contributed by atoms with Crippen molar-refractivity contribution in [2.75, 3.05) is 16.6 Å². The predicted molar refractivity (Wildman–Crippen MR) is 125 cm³/mol. The highest BCUT2D eigenvalue weighted by Crippen LogP contribution is 2.26. The third-order valence-corrected chi connectivity index (χ3v) is 7.74. The highest BCUT2D eigenvalue weighted by atomic mass is 32.2. The fraction of sp³-hybridized carbons (Fsp3) is 0.333. The molecule has 5 rings (SSSR count). The van der Waals surface area contributed by atoms with Crippen LogP contribution in [0.15, 0.2) is 47.1 Å². The van der Waals surface area contributed by atoms with E-state index in [-0.39, 0.29) is 4.90 Å². The van der Waals surface area contributed by atoms with E-state index in [0.29, 0.717) is 46.3 Å². The van der Waals surface area contributed by atoms with E-state index in [1.54, 1.807) is 30.0 Å². The summed E-state index contributed by atoms with van der Waals surface area (Å²) in [6.45, 7) is 0.646. The molecule has 1 saturated carbocycles. The maximum atomic E-state index is 12.5. The molecule has 1 fully saturated rings. The summed E-state index contributed by atoms with van der Waals surface area (Å²) in [5.74, 6) is 1.59. The fourth-order valence-corrected chi connectivity index (χ4v) is 5.66. The number of nitrogens with zero attached hydrogens (tertiary/aromatic N) is 3. The van der Waals surface area contributed by atoms with E-state index in [1.165, 1.54) is 55.6 Å². The van der Waals surface area contributed by atoms with Crippen LogP contribution in [0.4, 0.5) is 16.8 Å². The molecule has 0 saturated heterocycles. The number of sulfonamides is 1. The maximum absolute atomic E-state index is 12.5. The zero-order chi connectivity index (χ0) is 22.7. The topological polar surface area (TPSA) is 136 Å². The van der Waals surface area contributed by atoms with Crippen LogP contribution >= 0.6 is 11.3 Å². The highest BCUT2D eigenvalue weighted by Gasteiger charge is 2.21. The zero-order valence-corrected chi connectivity index (χ0v) is 19.4. The molecule has 3 heterocycles. The number of hydrogen-bond donors (Lipinski definition) is 3. The number of benzene rings is 1. The van der Waals surface area contributed by atoms with Gasteiger partial charge in [0.2, 0.25) is 0 Å². The largest absolute Gasteiger partial charge is 0.466 e. The molecule has 0 aliphatic heterocycles. The van der Waals surface area contributed by atoms with Crippen molar-refractivity contribution in [1.29, 1.82) is 0 Å². The Kier molecular flexibility index (Phi) is 6.09. The SMILES string of the molecule is O=S(=O)(Nc1nccs1)c1ccc(Nc2nc3nc[nH]c3c(OCC3CCCCC3)[nH+]2)cc1. The van der Waals surface area contributed by atoms with E-state index in [1.807, 2.05) is 0 Å². The summed E-state index contributed by atoms with van der Waals surface area (Å²) in [4.78, 5) is 19.1. The van der Waals surface area contributed by atoms with Crippen LogP contribution in [0.3, 0.4) is 0 Å². The van der Waals surface area contributed by atoms with Gasteiger partial charge in [-0.1, -0.05) is 19.3 Å². The van der Waals surface area contributed by atoms with Crippen LogP contribution in [-0.4, -0.2) is 35.0 Å². The lowest BCUT2D eigenvalue weighted by Crippen LogP contribution is -2.21. The van der Waals surface area contributed by atoms with Crippen LogP contribution < -0.4 is 19.8 Å². The maximum Gasteiger partial charge on any atom is 0.399 e. The van der Waals surface area contributed by atoms with E-state index < -0.39 is 10.0 Å². The number of imidazole rings is 1. The summed E-state index contributed by atoms with van der Waals surface area (Å²) in [6.07, 6.45) is 9.32. The van der Waals surface area contributed by atoms with Crippen LogP contribution in [-0.2, 0) is 10.0 Å². The van der Waals surface area contributed by atoms with Crippen LogP contribution in [0, 0.1) is 5.92 Å². The van der Waals surface area contributed by atoms with E-state index >= 15 is 0 Å². The molecule has 4 aromatic rings. The molecular weight excluding hydrogens is 462 g/mol. The minimum atomic E-state index is -3.71. The number of nitrogens with one attached hydrogen (secondary N) is 4. The highest BCUT2D eigenvalue weighted by molar-refractivity contribution is 7.93. The van der Waals surface area contributed by atoms with E-state index in [2.05, 4.69) is 35.0 Å². The van der Waals surface area contributed by atoms with Crippen molar-refractivity contribution in [3.63, 3.8) is 0 Å². The van der Waals surface area contributed by atoms with Gasteiger partial charge in [0.1, 0.15) is 0 Å². The molecule has 0 spiro atoms. The lowest BCUT2D eigenvalue weighted by Gasteiger charge is -2.21. The number of hydrogen-bond acceptors (Lipinski definition) is 8. The van der Waals surface area contributed by atoms with Crippen molar-refractivity contribution in [3.05, 3.63) is 42.2 Å². The second kappa shape index (κ2) is 9.32. The third kappa shape index (κ3) is 5.06. The standard InChI is InChI=1S/C21H23N7O3S2/c29-33(30,28-21-22-10-11-32-21)16-8-6-15(7-9-16)25-20-26-18-17(23-13-24-18)19(27-20)31-12-14-4-2-1-3-5-14/h6-11,13-14H,1-5,12H2,(H,22,28)(H2,23,24,25,26,27)/p+1. The minimum absolute atomic E-state index is 0.138. The van der Waals surface area contributed by atoms with Crippen molar-refractivity contribution >= 4 is 49.3 Å². The van der Waals surface area contributed by atoms with Gasteiger partial charge in [0.25, 0.3) is 21.6 Å². The lowest BCUT2D eigenvalue weighted by atomic mass is 9.90. The Balaban J connectivity index is 1.31. The van der Waals surface area contributed by atoms with E-state index in [4.69, 9.17) is 4.74 Å². The van der Waals surface area contributed by atoms with Crippen LogP contribution in [0.2, 0.25) is 0 Å².